The van der Waals surface area contributed by atoms with Crippen LogP contribution < -0.4 is 10.6 Å². The number of hydrogen-bond donors (Lipinski definition) is 3. The summed E-state index contributed by atoms with van der Waals surface area (Å²) in [6.07, 6.45) is 6.63. The van der Waals surface area contributed by atoms with Gasteiger partial charge in [0.1, 0.15) is 0 Å². The number of ether oxygens (including phenoxy) is 2. The summed E-state index contributed by atoms with van der Waals surface area (Å²) in [6.45, 7) is 8.11. The molecule has 0 aromatic heterocycles. The Hall–Kier alpha value is -3.27. The molecule has 2 heterocycles. The minimum Gasteiger partial charge on any atom is -0.392 e. The number of carbonyl (C=O) groups is 1. The first-order chi connectivity index (χ1) is 23.9. The van der Waals surface area contributed by atoms with E-state index in [0.29, 0.717) is 0 Å². The van der Waals surface area contributed by atoms with Gasteiger partial charge in [-0.1, -0.05) is 73.7 Å². The van der Waals surface area contributed by atoms with E-state index in [4.69, 9.17) is 9.47 Å². The van der Waals surface area contributed by atoms with Gasteiger partial charge in [0.25, 0.3) is 0 Å². The molecule has 8 nitrogen and oxygen atoms in total. The van der Waals surface area contributed by atoms with Gasteiger partial charge < -0.3 is 25.2 Å². The molecule has 4 bridgehead atoms. The quantitative estimate of drug-likeness (QED) is 0.231. The predicted molar refractivity (Wildman–Crippen MR) is 191 cm³/mol. The van der Waals surface area contributed by atoms with Crippen molar-refractivity contribution in [3.8, 4) is 0 Å². The van der Waals surface area contributed by atoms with E-state index in [1.165, 1.54) is 24.8 Å². The molecule has 0 spiro atoms. The molecule has 4 saturated carbocycles. The molecule has 9 rings (SSSR count). The second kappa shape index (κ2) is 14.2. The highest BCUT2D eigenvalue weighted by Gasteiger charge is 2.51. The Morgan fingerprint density at radius 2 is 1.47 bits per heavy atom. The van der Waals surface area contributed by atoms with Crippen LogP contribution in [0, 0.1) is 23.7 Å². The van der Waals surface area contributed by atoms with Gasteiger partial charge in [-0.2, -0.15) is 0 Å². The van der Waals surface area contributed by atoms with E-state index in [-0.39, 0.29) is 36.3 Å². The van der Waals surface area contributed by atoms with Crippen LogP contribution in [0.5, 0.6) is 0 Å². The highest BCUT2D eigenvalue weighted by atomic mass is 16.7. The third kappa shape index (κ3) is 7.45. The first-order valence-corrected chi connectivity index (χ1v) is 18.6. The number of nitrogens with zero attached hydrogens (tertiary/aromatic N) is 2. The summed E-state index contributed by atoms with van der Waals surface area (Å²) in [7, 11) is 0. The number of benzene rings is 3. The molecule has 6 fully saturated rings. The second-order valence-corrected chi connectivity index (χ2v) is 15.8. The van der Waals surface area contributed by atoms with Gasteiger partial charge in [0.2, 0.25) is 0 Å². The van der Waals surface area contributed by atoms with Gasteiger partial charge in [0.15, 0.2) is 6.29 Å². The van der Waals surface area contributed by atoms with E-state index in [1.54, 1.807) is 0 Å². The molecule has 8 heteroatoms. The number of carbonyl (C=O) groups excluding carboxylic acids is 1. The van der Waals surface area contributed by atoms with Crippen molar-refractivity contribution in [2.24, 2.45) is 23.7 Å². The molecule has 2 aliphatic heterocycles. The van der Waals surface area contributed by atoms with Gasteiger partial charge in [-0.05, 0) is 85.1 Å². The lowest BCUT2D eigenvalue weighted by atomic mass is 9.53. The van der Waals surface area contributed by atoms with Crippen molar-refractivity contribution in [2.75, 3.05) is 38.0 Å². The summed E-state index contributed by atoms with van der Waals surface area (Å²) < 4.78 is 13.6. The lowest BCUT2D eigenvalue weighted by molar-refractivity contribution is -0.276. The molecule has 0 unspecified atom stereocenters. The molecule has 3 aromatic carbocycles. The molecule has 2 amide bonds. The normalized spacial score (nSPS) is 33.0. The van der Waals surface area contributed by atoms with Gasteiger partial charge in [-0.15, -0.1) is 0 Å². The Labute approximate surface area is 291 Å². The standard InChI is InChI=1S/C41H52N4O4/c1-28-37(26-45-16-14-44(15-17-45)25-29-6-3-2-4-7-29)48-39(49-38(28)34-12-10-30(27-46)11-13-34)35-8-5-9-36(21-35)42-40(47)43-41-22-31-18-32(23-41)20-33(19-31)24-41/h2-13,21,28,31-33,37-39,46H,14-20,22-27H2,1H3,(H2,42,43,47)/t28-,31?,32?,33?,37+,38+,39+,41?/m0/s1. The zero-order chi connectivity index (χ0) is 33.4. The molecule has 4 atom stereocenters. The van der Waals surface area contributed by atoms with Crippen LogP contribution in [-0.2, 0) is 22.6 Å². The number of rotatable bonds is 9. The highest BCUT2D eigenvalue weighted by Crippen LogP contribution is 2.55. The van der Waals surface area contributed by atoms with Crippen molar-refractivity contribution in [1.82, 2.24) is 15.1 Å². The number of anilines is 1. The van der Waals surface area contributed by atoms with Crippen LogP contribution >= 0.6 is 0 Å². The van der Waals surface area contributed by atoms with Crippen LogP contribution in [0.4, 0.5) is 10.5 Å². The summed E-state index contributed by atoms with van der Waals surface area (Å²) in [5, 5.41) is 16.3. The molecular formula is C41H52N4O4. The number of aliphatic hydroxyl groups is 1. The average Bonchev–Trinajstić information content (AvgIpc) is 3.10. The van der Waals surface area contributed by atoms with Gasteiger partial charge in [0.05, 0.1) is 18.8 Å². The molecule has 4 aliphatic carbocycles. The SMILES string of the molecule is C[C@H]1[C@@H](CN2CCN(Cc3ccccc3)CC2)O[C@@H](c2cccc(NC(=O)NC34CC5CC(CC(C5)C3)C4)c2)O[C@H]1c1ccc(CO)cc1. The van der Waals surface area contributed by atoms with E-state index in [1.807, 2.05) is 36.4 Å². The predicted octanol–water partition coefficient (Wildman–Crippen LogP) is 6.88. The Balaban J connectivity index is 0.952. The van der Waals surface area contributed by atoms with Crippen molar-refractivity contribution < 1.29 is 19.4 Å². The molecule has 49 heavy (non-hydrogen) atoms. The second-order valence-electron chi connectivity index (χ2n) is 15.8. The van der Waals surface area contributed by atoms with Crippen LogP contribution in [0.2, 0.25) is 0 Å². The van der Waals surface area contributed by atoms with Crippen molar-refractivity contribution in [3.63, 3.8) is 0 Å². The maximum absolute atomic E-state index is 13.4. The fourth-order valence-electron chi connectivity index (χ4n) is 9.98. The number of urea groups is 1. The Morgan fingerprint density at radius 1 is 0.796 bits per heavy atom. The number of piperazine rings is 1. The van der Waals surface area contributed by atoms with Gasteiger partial charge >= 0.3 is 6.03 Å². The van der Waals surface area contributed by atoms with Crippen LogP contribution in [0.3, 0.4) is 0 Å². The topological polar surface area (TPSA) is 86.3 Å². The summed E-state index contributed by atoms with van der Waals surface area (Å²) in [5.74, 6) is 2.44. The number of amides is 2. The minimum absolute atomic E-state index is 0.0161. The van der Waals surface area contributed by atoms with E-state index >= 15 is 0 Å². The third-order valence-corrected chi connectivity index (χ3v) is 12.1. The third-order valence-electron chi connectivity index (χ3n) is 12.1. The largest absolute Gasteiger partial charge is 0.392 e. The highest BCUT2D eigenvalue weighted by molar-refractivity contribution is 5.90. The number of aliphatic hydroxyl groups excluding tert-OH is 1. The van der Waals surface area contributed by atoms with E-state index in [0.717, 1.165) is 98.7 Å². The fraction of sp³-hybridized carbons (Fsp3) is 0.537. The van der Waals surface area contributed by atoms with Gasteiger partial charge in [0, 0.05) is 62.0 Å². The van der Waals surface area contributed by atoms with E-state index in [9.17, 15) is 9.90 Å². The molecule has 6 aliphatic rings. The number of hydrogen-bond acceptors (Lipinski definition) is 6. The Morgan fingerprint density at radius 3 is 2.14 bits per heavy atom. The zero-order valence-electron chi connectivity index (χ0n) is 28.8. The summed E-state index contributed by atoms with van der Waals surface area (Å²) in [4.78, 5) is 18.5. The average molecular weight is 665 g/mol. The van der Waals surface area contributed by atoms with Gasteiger partial charge in [-0.25, -0.2) is 4.79 Å². The van der Waals surface area contributed by atoms with Crippen molar-refractivity contribution in [3.05, 3.63) is 101 Å². The van der Waals surface area contributed by atoms with Crippen LogP contribution in [0.15, 0.2) is 78.9 Å². The first kappa shape index (κ1) is 32.9. The monoisotopic (exact) mass is 664 g/mol. The van der Waals surface area contributed by atoms with Crippen LogP contribution in [0.25, 0.3) is 0 Å². The van der Waals surface area contributed by atoms with Crippen molar-refractivity contribution in [1.29, 1.82) is 0 Å². The van der Waals surface area contributed by atoms with Crippen LogP contribution in [-0.4, -0.2) is 65.3 Å². The summed E-state index contributed by atoms with van der Waals surface area (Å²) in [6, 6.07) is 26.7. The molecular weight excluding hydrogens is 612 g/mol. The van der Waals surface area contributed by atoms with E-state index < -0.39 is 6.29 Å². The summed E-state index contributed by atoms with van der Waals surface area (Å²) in [5.41, 5.74) is 4.93. The van der Waals surface area contributed by atoms with Gasteiger partial charge in [-0.3, -0.25) is 9.80 Å². The summed E-state index contributed by atoms with van der Waals surface area (Å²) >= 11 is 0. The maximum atomic E-state index is 13.4. The Bertz CT molecular complexity index is 1540. The Kier molecular flexibility index (Phi) is 9.51. The fourth-order valence-corrected chi connectivity index (χ4v) is 9.98. The lowest BCUT2D eigenvalue weighted by Gasteiger charge is -2.56. The van der Waals surface area contributed by atoms with Crippen molar-refractivity contribution >= 4 is 11.7 Å². The minimum atomic E-state index is -0.573. The molecule has 0 radical (unpaired) electrons. The lowest BCUT2D eigenvalue weighted by Crippen LogP contribution is -2.60. The molecule has 260 valence electrons. The molecule has 3 N–H and O–H groups in total. The first-order valence-electron chi connectivity index (χ1n) is 18.6. The molecule has 3 aromatic rings. The zero-order valence-corrected chi connectivity index (χ0v) is 28.8. The molecule has 2 saturated heterocycles. The maximum Gasteiger partial charge on any atom is 0.319 e. The number of nitrogens with one attached hydrogen (secondary N) is 2. The van der Waals surface area contributed by atoms with Crippen LogP contribution in [0.1, 0.15) is 80.1 Å². The smallest absolute Gasteiger partial charge is 0.319 e. The van der Waals surface area contributed by atoms with E-state index in [2.05, 4.69) is 69.8 Å². The van der Waals surface area contributed by atoms with Crippen molar-refractivity contribution in [2.45, 2.75) is 82.6 Å².